The van der Waals surface area contributed by atoms with Crippen LogP contribution in [0.1, 0.15) is 54.1 Å². The lowest BCUT2D eigenvalue weighted by Crippen LogP contribution is -2.74. The van der Waals surface area contributed by atoms with Crippen LogP contribution >= 0.6 is 0 Å². The molecule has 6 nitrogen and oxygen atoms in total. The second kappa shape index (κ2) is 5.36. The zero-order valence-electron chi connectivity index (χ0n) is 17.6. The minimum Gasteiger partial charge on any atom is -0.506 e. The van der Waals surface area contributed by atoms with E-state index in [0.29, 0.717) is 12.2 Å². The van der Waals surface area contributed by atoms with Crippen molar-refractivity contribution in [1.82, 2.24) is 9.88 Å². The number of rotatable bonds is 2. The standard InChI is InChI=1S/C25H28N4O2/c30-17-6-5-14-10-18-25(31)11-15-20-16(2-1-8-26-20)27-21(15)23-24(25,19(14)22(17)28-23)7-9-29(18)12-13-3-4-13/h2,5-6,13,18,23,27-28,30-31H,1,3-4,7-12H2/t18?,23-,24-,25+/m0/s1. The van der Waals surface area contributed by atoms with E-state index in [9.17, 15) is 10.2 Å². The number of likely N-dealkylation sites (tertiary alicyclic amines) is 1. The first-order valence-electron chi connectivity index (χ1n) is 11.9. The molecule has 1 spiro atoms. The number of piperidine rings is 1. The molecule has 0 radical (unpaired) electrons. The third kappa shape index (κ3) is 1.88. The number of aromatic hydroxyl groups is 1. The van der Waals surface area contributed by atoms with E-state index in [4.69, 9.17) is 4.99 Å². The Morgan fingerprint density at radius 2 is 2.16 bits per heavy atom. The van der Waals surface area contributed by atoms with Crippen molar-refractivity contribution in [3.05, 3.63) is 45.2 Å². The monoisotopic (exact) mass is 416 g/mol. The lowest BCUT2D eigenvalue weighted by atomic mass is 9.49. The fourth-order valence-electron chi connectivity index (χ4n) is 7.83. The molecule has 2 fully saturated rings. The van der Waals surface area contributed by atoms with Crippen molar-refractivity contribution in [2.45, 2.75) is 61.6 Å². The van der Waals surface area contributed by atoms with E-state index < -0.39 is 11.0 Å². The molecule has 3 aliphatic heterocycles. The number of aliphatic hydroxyl groups is 1. The predicted molar refractivity (Wildman–Crippen MR) is 117 cm³/mol. The van der Waals surface area contributed by atoms with E-state index in [1.165, 1.54) is 35.2 Å². The van der Waals surface area contributed by atoms with E-state index in [0.717, 1.165) is 61.2 Å². The van der Waals surface area contributed by atoms with Crippen LogP contribution in [0.5, 0.6) is 5.75 Å². The summed E-state index contributed by atoms with van der Waals surface area (Å²) in [6.07, 6.45) is 8.28. The van der Waals surface area contributed by atoms with Crippen LogP contribution in [0.25, 0.3) is 6.08 Å². The van der Waals surface area contributed by atoms with E-state index >= 15 is 0 Å². The van der Waals surface area contributed by atoms with Crippen LogP contribution in [0.2, 0.25) is 0 Å². The fraction of sp³-hybridized carbons (Fsp3) is 0.560. The molecule has 4 N–H and O–H groups in total. The summed E-state index contributed by atoms with van der Waals surface area (Å²) in [5.74, 6) is 1.11. The van der Waals surface area contributed by atoms with Crippen molar-refractivity contribution >= 4 is 11.8 Å². The Hall–Kier alpha value is -2.31. The van der Waals surface area contributed by atoms with E-state index in [1.807, 2.05) is 6.07 Å². The Balaban J connectivity index is 1.42. The lowest BCUT2D eigenvalue weighted by molar-refractivity contribution is -0.155. The van der Waals surface area contributed by atoms with Crippen LogP contribution in [0.3, 0.4) is 0 Å². The molecule has 1 aromatic heterocycles. The quantitative estimate of drug-likeness (QED) is 0.556. The molecule has 1 saturated heterocycles. The van der Waals surface area contributed by atoms with Crippen LogP contribution in [-0.2, 0) is 18.3 Å². The van der Waals surface area contributed by atoms with Gasteiger partial charge in [-0.05, 0) is 61.8 Å². The Morgan fingerprint density at radius 1 is 1.26 bits per heavy atom. The zero-order chi connectivity index (χ0) is 20.5. The molecule has 160 valence electrons. The highest BCUT2D eigenvalue weighted by atomic mass is 16.3. The highest BCUT2D eigenvalue weighted by Crippen LogP contribution is 2.67. The smallest absolute Gasteiger partial charge is 0.139 e. The van der Waals surface area contributed by atoms with Gasteiger partial charge in [0.1, 0.15) is 5.75 Å². The summed E-state index contributed by atoms with van der Waals surface area (Å²) in [6, 6.07) is 4.00. The molecule has 2 aromatic rings. The van der Waals surface area contributed by atoms with Gasteiger partial charge in [0.2, 0.25) is 0 Å². The van der Waals surface area contributed by atoms with Gasteiger partial charge in [-0.15, -0.1) is 0 Å². The molecule has 1 saturated carbocycles. The molecule has 0 amide bonds. The number of aromatic nitrogens is 1. The molecule has 1 unspecified atom stereocenters. The van der Waals surface area contributed by atoms with Crippen molar-refractivity contribution in [2.24, 2.45) is 10.9 Å². The second-order valence-corrected chi connectivity index (χ2v) is 10.7. The fourth-order valence-corrected chi connectivity index (χ4v) is 7.83. The first kappa shape index (κ1) is 17.3. The minimum absolute atomic E-state index is 0.0524. The SMILES string of the molecule is Oc1ccc2c3c1N[C@H]1c4[nH]c5c(c4C[C@@]4(O)C(C2)N(CC2CC2)CC[C@]314)=NCCC=5. The van der Waals surface area contributed by atoms with Crippen molar-refractivity contribution in [2.75, 3.05) is 25.0 Å². The maximum Gasteiger partial charge on any atom is 0.139 e. The average Bonchev–Trinajstić information content (AvgIpc) is 3.40. The van der Waals surface area contributed by atoms with Crippen LogP contribution in [0, 0.1) is 5.92 Å². The lowest BCUT2D eigenvalue weighted by Gasteiger charge is -2.63. The van der Waals surface area contributed by atoms with Gasteiger partial charge < -0.3 is 20.5 Å². The van der Waals surface area contributed by atoms with Gasteiger partial charge >= 0.3 is 0 Å². The van der Waals surface area contributed by atoms with E-state index in [-0.39, 0.29) is 12.1 Å². The van der Waals surface area contributed by atoms with Crippen molar-refractivity contribution < 1.29 is 10.2 Å². The first-order valence-corrected chi connectivity index (χ1v) is 11.9. The number of phenols is 1. The molecule has 2 bridgehead atoms. The molecule has 6 aliphatic rings. The number of benzene rings is 1. The Bertz CT molecular complexity index is 1280. The minimum atomic E-state index is -0.861. The second-order valence-electron chi connectivity index (χ2n) is 10.7. The average molecular weight is 417 g/mol. The van der Waals surface area contributed by atoms with Gasteiger partial charge in [-0.25, -0.2) is 0 Å². The number of phenolic OH excluding ortho intramolecular Hbond substituents is 1. The van der Waals surface area contributed by atoms with E-state index in [1.54, 1.807) is 0 Å². The molecule has 1 aromatic carbocycles. The van der Waals surface area contributed by atoms with Gasteiger partial charge in [0.25, 0.3) is 0 Å². The molecular formula is C25H28N4O2. The molecule has 3 aliphatic carbocycles. The van der Waals surface area contributed by atoms with Gasteiger partial charge in [-0.2, -0.15) is 0 Å². The topological polar surface area (TPSA) is 83.9 Å². The highest BCUT2D eigenvalue weighted by Gasteiger charge is 2.71. The number of fused-ring (bicyclic) bond motifs is 4. The molecule has 6 heteroatoms. The number of H-pyrrole nitrogens is 1. The Labute approximate surface area is 180 Å². The number of anilines is 1. The maximum atomic E-state index is 12.7. The third-order valence-corrected chi connectivity index (χ3v) is 9.28. The van der Waals surface area contributed by atoms with E-state index in [2.05, 4.69) is 27.3 Å². The number of aromatic amines is 1. The summed E-state index contributed by atoms with van der Waals surface area (Å²) in [6.45, 7) is 2.95. The summed E-state index contributed by atoms with van der Waals surface area (Å²) in [5, 5.41) is 29.4. The summed E-state index contributed by atoms with van der Waals surface area (Å²) < 4.78 is 0. The maximum absolute atomic E-state index is 12.7. The number of hydrogen-bond acceptors (Lipinski definition) is 5. The van der Waals surface area contributed by atoms with Crippen molar-refractivity contribution in [1.29, 1.82) is 0 Å². The predicted octanol–water partition coefficient (Wildman–Crippen LogP) is 1.26. The largest absolute Gasteiger partial charge is 0.506 e. The molecule has 4 heterocycles. The number of nitrogens with zero attached hydrogens (tertiary/aromatic N) is 2. The summed E-state index contributed by atoms with van der Waals surface area (Å²) >= 11 is 0. The summed E-state index contributed by atoms with van der Waals surface area (Å²) in [4.78, 5) is 11.2. The highest BCUT2D eigenvalue weighted by molar-refractivity contribution is 5.76. The molecule has 4 atom stereocenters. The molecular weight excluding hydrogens is 388 g/mol. The van der Waals surface area contributed by atoms with Gasteiger partial charge in [0.15, 0.2) is 0 Å². The van der Waals surface area contributed by atoms with Crippen LogP contribution < -0.4 is 16.0 Å². The number of hydrogen-bond donors (Lipinski definition) is 4. The summed E-state index contributed by atoms with van der Waals surface area (Å²) in [5.41, 5.74) is 4.43. The first-order chi connectivity index (χ1) is 15.1. The van der Waals surface area contributed by atoms with Gasteiger partial charge in [0, 0.05) is 36.8 Å². The molecule has 8 rings (SSSR count). The Kier molecular flexibility index (Phi) is 2.98. The van der Waals surface area contributed by atoms with Crippen LogP contribution in [-0.4, -0.2) is 51.4 Å². The summed E-state index contributed by atoms with van der Waals surface area (Å²) in [7, 11) is 0. The van der Waals surface area contributed by atoms with Crippen molar-refractivity contribution in [3.63, 3.8) is 0 Å². The van der Waals surface area contributed by atoms with Gasteiger partial charge in [0.05, 0.1) is 33.5 Å². The Morgan fingerprint density at radius 3 is 3.03 bits per heavy atom. The van der Waals surface area contributed by atoms with Gasteiger partial charge in [-0.1, -0.05) is 12.1 Å². The van der Waals surface area contributed by atoms with Crippen LogP contribution in [0.15, 0.2) is 17.1 Å². The number of nitrogens with one attached hydrogen (secondary N) is 2. The van der Waals surface area contributed by atoms with Gasteiger partial charge in [-0.3, -0.25) is 9.89 Å². The third-order valence-electron chi connectivity index (χ3n) is 9.28. The zero-order valence-corrected chi connectivity index (χ0v) is 17.6. The molecule has 31 heavy (non-hydrogen) atoms. The normalized spacial score (nSPS) is 36.5. The van der Waals surface area contributed by atoms with Crippen molar-refractivity contribution in [3.8, 4) is 5.75 Å². The van der Waals surface area contributed by atoms with Crippen LogP contribution in [0.4, 0.5) is 5.69 Å².